The van der Waals surface area contributed by atoms with Crippen molar-refractivity contribution in [3.63, 3.8) is 0 Å². The summed E-state index contributed by atoms with van der Waals surface area (Å²) < 4.78 is 5.09. The minimum Gasteiger partial charge on any atom is -0.480 e. The van der Waals surface area contributed by atoms with Crippen LogP contribution in [0.2, 0.25) is 0 Å². The molecule has 0 atom stereocenters. The summed E-state index contributed by atoms with van der Waals surface area (Å²) in [5.74, 6) is -0.757. The number of amides is 2. The number of ether oxygens (including phenoxy) is 1. The van der Waals surface area contributed by atoms with Crippen molar-refractivity contribution in [2.45, 2.75) is 0 Å². The highest BCUT2D eigenvalue weighted by Crippen LogP contribution is 2.23. The Labute approximate surface area is 117 Å². The number of carbonyl (C=O) groups is 2. The number of aliphatic carboxylic acids is 1. The Kier molecular flexibility index (Phi) is 6.31. The number of para-hydroxylation sites is 2. The van der Waals surface area contributed by atoms with Crippen molar-refractivity contribution < 1.29 is 19.4 Å². The number of benzene rings is 1. The standard InChI is InChI=1S/C13H19N3O4/c1-16(2)8-7-14-13(19)15-10-5-3-4-6-11(10)20-9-12(17)18/h3-6H,7-9H2,1-2H3,(H,17,18)(H2,14,15,19). The first-order valence-corrected chi connectivity index (χ1v) is 6.12. The Morgan fingerprint density at radius 3 is 2.65 bits per heavy atom. The van der Waals surface area contributed by atoms with Gasteiger partial charge in [0.05, 0.1) is 5.69 Å². The largest absolute Gasteiger partial charge is 0.480 e. The Morgan fingerprint density at radius 2 is 2.00 bits per heavy atom. The second-order valence-corrected chi connectivity index (χ2v) is 4.36. The number of urea groups is 1. The van der Waals surface area contributed by atoms with E-state index < -0.39 is 12.6 Å². The van der Waals surface area contributed by atoms with Crippen LogP contribution in [-0.2, 0) is 4.79 Å². The third-order valence-electron chi connectivity index (χ3n) is 2.33. The second-order valence-electron chi connectivity index (χ2n) is 4.36. The zero-order valence-electron chi connectivity index (χ0n) is 11.5. The fourth-order valence-corrected chi connectivity index (χ4v) is 1.39. The molecule has 7 nitrogen and oxygen atoms in total. The molecule has 0 radical (unpaired) electrons. The van der Waals surface area contributed by atoms with Crippen LogP contribution in [0, 0.1) is 0 Å². The van der Waals surface area contributed by atoms with Crippen LogP contribution in [0.1, 0.15) is 0 Å². The molecule has 0 aliphatic carbocycles. The van der Waals surface area contributed by atoms with Gasteiger partial charge in [-0.3, -0.25) is 0 Å². The maximum absolute atomic E-state index is 11.7. The Morgan fingerprint density at radius 1 is 1.30 bits per heavy atom. The molecule has 3 N–H and O–H groups in total. The number of nitrogens with one attached hydrogen (secondary N) is 2. The smallest absolute Gasteiger partial charge is 0.341 e. The van der Waals surface area contributed by atoms with Crippen LogP contribution in [0.5, 0.6) is 5.75 Å². The lowest BCUT2D eigenvalue weighted by Crippen LogP contribution is -2.34. The Bertz CT molecular complexity index is 463. The van der Waals surface area contributed by atoms with E-state index in [0.29, 0.717) is 18.0 Å². The summed E-state index contributed by atoms with van der Waals surface area (Å²) in [4.78, 5) is 24.1. The fourth-order valence-electron chi connectivity index (χ4n) is 1.39. The summed E-state index contributed by atoms with van der Waals surface area (Å²) in [5, 5.41) is 13.9. The molecule has 0 bridgehead atoms. The van der Waals surface area contributed by atoms with Crippen molar-refractivity contribution in [1.29, 1.82) is 0 Å². The molecule has 0 fully saturated rings. The molecule has 0 spiro atoms. The van der Waals surface area contributed by atoms with E-state index in [4.69, 9.17) is 9.84 Å². The molecule has 20 heavy (non-hydrogen) atoms. The number of hydrogen-bond donors (Lipinski definition) is 3. The summed E-state index contributed by atoms with van der Waals surface area (Å²) in [5.41, 5.74) is 0.427. The van der Waals surface area contributed by atoms with Gasteiger partial charge in [0, 0.05) is 13.1 Å². The summed E-state index contributed by atoms with van der Waals surface area (Å²) >= 11 is 0. The quantitative estimate of drug-likeness (QED) is 0.688. The van der Waals surface area contributed by atoms with Crippen molar-refractivity contribution in [3.8, 4) is 5.75 Å². The molecule has 0 aliphatic heterocycles. The molecular formula is C13H19N3O4. The maximum Gasteiger partial charge on any atom is 0.341 e. The lowest BCUT2D eigenvalue weighted by Gasteiger charge is -2.13. The summed E-state index contributed by atoms with van der Waals surface area (Å²) in [6.07, 6.45) is 0. The van der Waals surface area contributed by atoms with Gasteiger partial charge >= 0.3 is 12.0 Å². The van der Waals surface area contributed by atoms with E-state index >= 15 is 0 Å². The molecule has 2 amide bonds. The van der Waals surface area contributed by atoms with E-state index in [1.807, 2.05) is 19.0 Å². The van der Waals surface area contributed by atoms with Gasteiger partial charge in [-0.15, -0.1) is 0 Å². The van der Waals surface area contributed by atoms with Crippen LogP contribution in [-0.4, -0.2) is 55.8 Å². The first kappa shape index (κ1) is 15.8. The van der Waals surface area contributed by atoms with Gasteiger partial charge in [0.15, 0.2) is 6.61 Å². The van der Waals surface area contributed by atoms with Crippen molar-refractivity contribution in [2.24, 2.45) is 0 Å². The van der Waals surface area contributed by atoms with E-state index in [-0.39, 0.29) is 6.03 Å². The van der Waals surface area contributed by atoms with Crippen molar-refractivity contribution >= 4 is 17.7 Å². The molecular weight excluding hydrogens is 262 g/mol. The van der Waals surface area contributed by atoms with Crippen LogP contribution in [0.3, 0.4) is 0 Å². The molecule has 0 unspecified atom stereocenters. The third-order valence-corrected chi connectivity index (χ3v) is 2.33. The zero-order chi connectivity index (χ0) is 15.0. The number of carboxylic acid groups (broad SMARTS) is 1. The monoisotopic (exact) mass is 281 g/mol. The summed E-state index contributed by atoms with van der Waals surface area (Å²) in [6, 6.07) is 6.30. The molecule has 1 aromatic carbocycles. The number of likely N-dealkylation sites (N-methyl/N-ethyl adjacent to an activating group) is 1. The summed E-state index contributed by atoms with van der Waals surface area (Å²) in [6.45, 7) is 0.780. The van der Waals surface area contributed by atoms with E-state index in [0.717, 1.165) is 6.54 Å². The first-order valence-electron chi connectivity index (χ1n) is 6.12. The number of hydrogen-bond acceptors (Lipinski definition) is 4. The van der Waals surface area contributed by atoms with Crippen molar-refractivity contribution in [1.82, 2.24) is 10.2 Å². The van der Waals surface area contributed by atoms with Gasteiger partial charge in [0.25, 0.3) is 0 Å². The molecule has 0 saturated carbocycles. The summed E-state index contributed by atoms with van der Waals surface area (Å²) in [7, 11) is 3.82. The lowest BCUT2D eigenvalue weighted by molar-refractivity contribution is -0.139. The van der Waals surface area contributed by atoms with E-state index in [9.17, 15) is 9.59 Å². The predicted molar refractivity (Wildman–Crippen MR) is 75.1 cm³/mol. The van der Waals surface area contributed by atoms with Gasteiger partial charge in [-0.1, -0.05) is 12.1 Å². The van der Waals surface area contributed by atoms with Gasteiger partial charge < -0.3 is 25.4 Å². The number of rotatable bonds is 7. The third kappa shape index (κ3) is 6.05. The van der Waals surface area contributed by atoms with Gasteiger partial charge in [0.1, 0.15) is 5.75 Å². The first-order chi connectivity index (χ1) is 9.49. The van der Waals surface area contributed by atoms with E-state index in [1.54, 1.807) is 24.3 Å². The average Bonchev–Trinajstić information content (AvgIpc) is 2.37. The topological polar surface area (TPSA) is 90.9 Å². The van der Waals surface area contributed by atoms with Crippen molar-refractivity contribution in [2.75, 3.05) is 39.1 Å². The minimum atomic E-state index is -1.07. The SMILES string of the molecule is CN(C)CCNC(=O)Nc1ccccc1OCC(=O)O. The molecule has 110 valence electrons. The van der Waals surface area contributed by atoms with Crippen LogP contribution in [0.25, 0.3) is 0 Å². The molecule has 0 aliphatic rings. The van der Waals surface area contributed by atoms with Gasteiger partial charge in [-0.2, -0.15) is 0 Å². The highest BCUT2D eigenvalue weighted by atomic mass is 16.5. The normalized spacial score (nSPS) is 10.2. The van der Waals surface area contributed by atoms with Crippen LogP contribution >= 0.6 is 0 Å². The number of carboxylic acids is 1. The second kappa shape index (κ2) is 8.00. The average molecular weight is 281 g/mol. The number of anilines is 1. The highest BCUT2D eigenvalue weighted by Gasteiger charge is 2.08. The van der Waals surface area contributed by atoms with Gasteiger partial charge in [-0.25, -0.2) is 9.59 Å². The Balaban J connectivity index is 2.53. The maximum atomic E-state index is 11.7. The van der Waals surface area contributed by atoms with Crippen LogP contribution < -0.4 is 15.4 Å². The Hall–Kier alpha value is -2.28. The van der Waals surface area contributed by atoms with E-state index in [1.165, 1.54) is 0 Å². The van der Waals surface area contributed by atoms with Crippen molar-refractivity contribution in [3.05, 3.63) is 24.3 Å². The molecule has 1 aromatic rings. The number of carbonyl (C=O) groups excluding carboxylic acids is 1. The van der Waals surface area contributed by atoms with Gasteiger partial charge in [-0.05, 0) is 26.2 Å². The zero-order valence-corrected chi connectivity index (χ0v) is 11.5. The van der Waals surface area contributed by atoms with Crippen LogP contribution in [0.4, 0.5) is 10.5 Å². The molecule has 7 heteroatoms. The molecule has 0 saturated heterocycles. The molecule has 0 heterocycles. The predicted octanol–water partition coefficient (Wildman–Crippen LogP) is 0.833. The van der Waals surface area contributed by atoms with Gasteiger partial charge in [0.2, 0.25) is 0 Å². The highest BCUT2D eigenvalue weighted by molar-refractivity contribution is 5.90. The number of nitrogens with zero attached hydrogens (tertiary/aromatic N) is 1. The minimum absolute atomic E-state index is 0.317. The molecule has 1 rings (SSSR count). The van der Waals surface area contributed by atoms with E-state index in [2.05, 4.69) is 10.6 Å². The lowest BCUT2D eigenvalue weighted by atomic mass is 10.3. The molecule has 0 aromatic heterocycles. The van der Waals surface area contributed by atoms with Crippen LogP contribution in [0.15, 0.2) is 24.3 Å². The fraction of sp³-hybridized carbons (Fsp3) is 0.385.